The average molecular weight is 373 g/mol. The Morgan fingerprint density at radius 1 is 1.22 bits per heavy atom. The second-order valence-electron chi connectivity index (χ2n) is 5.50. The Labute approximate surface area is 145 Å². The van der Waals surface area contributed by atoms with E-state index in [-0.39, 0.29) is 28.6 Å². The normalized spacial score (nSPS) is 13.4. The lowest BCUT2D eigenvalue weighted by atomic mass is 10.0. The van der Waals surface area contributed by atoms with Crippen molar-refractivity contribution in [1.29, 1.82) is 0 Å². The van der Waals surface area contributed by atoms with Gasteiger partial charge in [-0.15, -0.1) is 22.7 Å². The van der Waals surface area contributed by atoms with Gasteiger partial charge >= 0.3 is 0 Å². The molecule has 0 aliphatic rings. The van der Waals surface area contributed by atoms with Gasteiger partial charge in [0.15, 0.2) is 0 Å². The van der Waals surface area contributed by atoms with Gasteiger partial charge in [0.2, 0.25) is 5.91 Å². The van der Waals surface area contributed by atoms with E-state index < -0.39 is 10.0 Å². The Hall–Kier alpha value is -1.22. The Bertz CT molecular complexity index is 722. The summed E-state index contributed by atoms with van der Waals surface area (Å²) in [4.78, 5) is 13.3. The summed E-state index contributed by atoms with van der Waals surface area (Å²) in [5.41, 5.74) is 0. The molecule has 2 aromatic heterocycles. The van der Waals surface area contributed by atoms with Crippen molar-refractivity contribution in [2.75, 3.05) is 13.6 Å². The molecule has 0 radical (unpaired) electrons. The van der Waals surface area contributed by atoms with Gasteiger partial charge in [0.1, 0.15) is 4.21 Å². The number of hydrogen-bond acceptors (Lipinski definition) is 5. The van der Waals surface area contributed by atoms with Crippen molar-refractivity contribution in [3.63, 3.8) is 0 Å². The van der Waals surface area contributed by atoms with Crippen molar-refractivity contribution in [3.05, 3.63) is 39.9 Å². The molecule has 0 saturated carbocycles. The zero-order valence-corrected chi connectivity index (χ0v) is 15.7. The maximum absolute atomic E-state index is 12.3. The average Bonchev–Trinajstić information content (AvgIpc) is 3.17. The number of carbonyl (C=O) groups excluding carboxylic acids is 1. The van der Waals surface area contributed by atoms with E-state index in [1.165, 1.54) is 13.1 Å². The highest BCUT2D eigenvalue weighted by Crippen LogP contribution is 2.26. The molecular weight excluding hydrogens is 352 g/mol. The van der Waals surface area contributed by atoms with E-state index in [1.54, 1.807) is 22.8 Å². The summed E-state index contributed by atoms with van der Waals surface area (Å²) in [7, 11) is -2.19. The lowest BCUT2D eigenvalue weighted by Crippen LogP contribution is -2.40. The maximum Gasteiger partial charge on any atom is 0.252 e. The van der Waals surface area contributed by atoms with Gasteiger partial charge < -0.3 is 5.32 Å². The van der Waals surface area contributed by atoms with Crippen molar-refractivity contribution in [1.82, 2.24) is 9.62 Å². The third-order valence-corrected chi connectivity index (χ3v) is 7.49. The summed E-state index contributed by atoms with van der Waals surface area (Å²) in [5.74, 6) is -0.0865. The van der Waals surface area contributed by atoms with E-state index in [0.717, 1.165) is 20.5 Å². The third kappa shape index (κ3) is 4.41. The molecule has 0 bridgehead atoms. The molecule has 0 fully saturated rings. The van der Waals surface area contributed by atoms with Crippen LogP contribution in [0.3, 0.4) is 0 Å². The molecule has 5 nitrogen and oxygen atoms in total. The fraction of sp³-hybridized carbons (Fsp3) is 0.400. The Balaban J connectivity index is 2.04. The first-order valence-electron chi connectivity index (χ1n) is 7.15. The Morgan fingerprint density at radius 2 is 1.87 bits per heavy atom. The largest absolute Gasteiger partial charge is 0.347 e. The van der Waals surface area contributed by atoms with Gasteiger partial charge in [-0.25, -0.2) is 8.42 Å². The highest BCUT2D eigenvalue weighted by atomic mass is 32.2. The number of sulfonamides is 1. The quantitative estimate of drug-likeness (QED) is 0.812. The minimum atomic E-state index is -3.61. The van der Waals surface area contributed by atoms with Crippen LogP contribution >= 0.6 is 22.7 Å². The van der Waals surface area contributed by atoms with Crippen molar-refractivity contribution >= 4 is 38.6 Å². The summed E-state index contributed by atoms with van der Waals surface area (Å²) < 4.78 is 26.0. The monoisotopic (exact) mass is 372 g/mol. The van der Waals surface area contributed by atoms with Crippen LogP contribution in [-0.2, 0) is 14.8 Å². The van der Waals surface area contributed by atoms with Crippen LogP contribution in [0.1, 0.15) is 24.8 Å². The van der Waals surface area contributed by atoms with Gasteiger partial charge in [-0.05, 0) is 28.8 Å². The number of nitrogens with zero attached hydrogens (tertiary/aromatic N) is 1. The molecule has 0 spiro atoms. The number of nitrogens with one attached hydrogen (secondary N) is 1. The van der Waals surface area contributed by atoms with Crippen LogP contribution in [0.25, 0.3) is 0 Å². The van der Waals surface area contributed by atoms with Crippen LogP contribution in [0.4, 0.5) is 0 Å². The van der Waals surface area contributed by atoms with E-state index in [1.807, 2.05) is 31.4 Å². The number of hydrogen-bond donors (Lipinski definition) is 1. The highest BCUT2D eigenvalue weighted by molar-refractivity contribution is 7.91. The maximum atomic E-state index is 12.3. The van der Waals surface area contributed by atoms with Gasteiger partial charge in [-0.2, -0.15) is 4.31 Å². The molecule has 1 atom stereocenters. The first kappa shape index (κ1) is 18.1. The fourth-order valence-corrected chi connectivity index (χ4v) is 5.38. The molecule has 2 aromatic rings. The zero-order valence-electron chi connectivity index (χ0n) is 13.2. The van der Waals surface area contributed by atoms with E-state index in [4.69, 9.17) is 0 Å². The molecule has 1 unspecified atom stereocenters. The summed E-state index contributed by atoms with van der Waals surface area (Å²) in [5, 5.41) is 6.60. The lowest BCUT2D eigenvalue weighted by molar-refractivity contribution is -0.122. The lowest BCUT2D eigenvalue weighted by Gasteiger charge is -2.23. The molecular formula is C15H20N2O3S3. The van der Waals surface area contributed by atoms with Crippen molar-refractivity contribution in [2.24, 2.45) is 5.92 Å². The van der Waals surface area contributed by atoms with Crippen LogP contribution in [-0.4, -0.2) is 32.2 Å². The Morgan fingerprint density at radius 3 is 2.39 bits per heavy atom. The molecule has 0 saturated heterocycles. The van der Waals surface area contributed by atoms with Crippen LogP contribution in [0.5, 0.6) is 0 Å². The Kier molecular flexibility index (Phi) is 5.96. The van der Waals surface area contributed by atoms with Crippen molar-refractivity contribution in [2.45, 2.75) is 24.1 Å². The number of thiophene rings is 2. The van der Waals surface area contributed by atoms with Gasteiger partial charge in [-0.1, -0.05) is 26.0 Å². The molecule has 1 amide bonds. The van der Waals surface area contributed by atoms with Crippen LogP contribution in [0.2, 0.25) is 0 Å². The van der Waals surface area contributed by atoms with E-state index >= 15 is 0 Å². The molecule has 2 rings (SSSR count). The SMILES string of the molecule is CC(C)C(NC(=O)CN(C)S(=O)(=O)c1cccs1)c1cccs1. The van der Waals surface area contributed by atoms with Crippen molar-refractivity contribution < 1.29 is 13.2 Å². The number of amides is 1. The van der Waals surface area contributed by atoms with E-state index in [0.29, 0.717) is 0 Å². The molecule has 0 aromatic carbocycles. The first-order chi connectivity index (χ1) is 10.8. The minimum Gasteiger partial charge on any atom is -0.347 e. The highest BCUT2D eigenvalue weighted by Gasteiger charge is 2.26. The van der Waals surface area contributed by atoms with Gasteiger partial charge in [-0.3, -0.25) is 4.79 Å². The van der Waals surface area contributed by atoms with Crippen LogP contribution in [0, 0.1) is 5.92 Å². The third-order valence-electron chi connectivity index (χ3n) is 3.36. The van der Waals surface area contributed by atoms with Gasteiger partial charge in [0.05, 0.1) is 12.6 Å². The molecule has 0 aliphatic heterocycles. The second kappa shape index (κ2) is 7.57. The summed E-state index contributed by atoms with van der Waals surface area (Å²) in [6.45, 7) is 3.85. The van der Waals surface area contributed by atoms with Gasteiger partial charge in [0.25, 0.3) is 10.0 Å². The van der Waals surface area contributed by atoms with E-state index in [2.05, 4.69) is 5.32 Å². The van der Waals surface area contributed by atoms with Crippen LogP contribution < -0.4 is 5.32 Å². The zero-order chi connectivity index (χ0) is 17.0. The topological polar surface area (TPSA) is 66.5 Å². The smallest absolute Gasteiger partial charge is 0.252 e. The summed E-state index contributed by atoms with van der Waals surface area (Å²) >= 11 is 2.72. The number of likely N-dealkylation sites (N-methyl/N-ethyl adjacent to an activating group) is 1. The molecule has 2 heterocycles. The number of rotatable bonds is 7. The standard InChI is InChI=1S/C15H20N2O3S3/c1-11(2)15(12-6-4-8-21-12)16-13(18)10-17(3)23(19,20)14-7-5-9-22-14/h4-9,11,15H,10H2,1-3H3,(H,16,18). The molecule has 126 valence electrons. The predicted octanol–water partition coefficient (Wildman–Crippen LogP) is 2.94. The summed E-state index contributed by atoms with van der Waals surface area (Å²) in [6, 6.07) is 7.02. The first-order valence-corrected chi connectivity index (χ1v) is 10.3. The molecule has 23 heavy (non-hydrogen) atoms. The number of carbonyl (C=O) groups is 1. The van der Waals surface area contributed by atoms with Crippen LogP contribution in [0.15, 0.2) is 39.2 Å². The minimum absolute atomic E-state index is 0.111. The molecule has 0 aliphatic carbocycles. The predicted molar refractivity (Wildman–Crippen MR) is 94.2 cm³/mol. The molecule has 8 heteroatoms. The summed E-state index contributed by atoms with van der Waals surface area (Å²) in [6.07, 6.45) is 0. The van der Waals surface area contributed by atoms with Gasteiger partial charge in [0, 0.05) is 11.9 Å². The van der Waals surface area contributed by atoms with E-state index in [9.17, 15) is 13.2 Å². The molecule has 1 N–H and O–H groups in total. The second-order valence-corrected chi connectivity index (χ2v) is 9.70. The fourth-order valence-electron chi connectivity index (χ4n) is 2.10. The van der Waals surface area contributed by atoms with Crippen molar-refractivity contribution in [3.8, 4) is 0 Å².